The molecule has 0 spiro atoms. The molecule has 2 aromatic heterocycles. The molecule has 4 N–H and O–H groups in total. The van der Waals surface area contributed by atoms with Crippen molar-refractivity contribution in [3.05, 3.63) is 12.2 Å². The second kappa shape index (κ2) is 3.66. The summed E-state index contributed by atoms with van der Waals surface area (Å²) in [5.74, 6) is 1.44. The van der Waals surface area contributed by atoms with Gasteiger partial charge < -0.3 is 16.0 Å². The van der Waals surface area contributed by atoms with Crippen LogP contribution < -0.4 is 11.1 Å². The molecule has 1 saturated heterocycles. The van der Waals surface area contributed by atoms with E-state index in [2.05, 4.69) is 32.2 Å². The number of H-pyrrole nitrogens is 1. The third-order valence-corrected chi connectivity index (χ3v) is 3.60. The Balaban J connectivity index is 2.08. The Morgan fingerprint density at radius 1 is 1.29 bits per heavy atom. The number of piperidine rings is 1. The van der Waals surface area contributed by atoms with Crippen LogP contribution in [0, 0.1) is 0 Å². The third kappa shape index (κ3) is 1.64. The number of rotatable bonds is 1. The minimum Gasteiger partial charge on any atom is -0.382 e. The van der Waals surface area contributed by atoms with E-state index in [1.807, 2.05) is 0 Å². The smallest absolute Gasteiger partial charge is 0.183 e. The fourth-order valence-electron chi connectivity index (χ4n) is 2.35. The quantitative estimate of drug-likeness (QED) is 0.668. The van der Waals surface area contributed by atoms with Crippen molar-refractivity contribution in [2.24, 2.45) is 0 Å². The summed E-state index contributed by atoms with van der Waals surface area (Å²) in [4.78, 5) is 16.0. The van der Waals surface area contributed by atoms with E-state index in [9.17, 15) is 0 Å². The molecule has 2 aromatic rings. The number of hydrogen-bond acceptors (Lipinski definition) is 5. The lowest BCUT2D eigenvalue weighted by molar-refractivity contribution is 0.321. The molecule has 0 aromatic carbocycles. The first-order chi connectivity index (χ1) is 8.19. The zero-order valence-electron chi connectivity index (χ0n) is 9.82. The number of anilines is 1. The molecule has 6 heteroatoms. The standard InChI is InChI=1S/C11H16N6/c1-11(2-4-13-5-3-11)10-16-7-8(12)14-6-15-9(7)17-10/h6,13H,2-5H2,1H3,(H3,12,14,15,16,17). The van der Waals surface area contributed by atoms with E-state index in [-0.39, 0.29) is 5.41 Å². The maximum absolute atomic E-state index is 5.81. The van der Waals surface area contributed by atoms with E-state index < -0.39 is 0 Å². The van der Waals surface area contributed by atoms with Crippen LogP contribution in [-0.4, -0.2) is 33.0 Å². The summed E-state index contributed by atoms with van der Waals surface area (Å²) in [5, 5.41) is 3.36. The Hall–Kier alpha value is -1.69. The van der Waals surface area contributed by atoms with Crippen molar-refractivity contribution >= 4 is 17.0 Å². The highest BCUT2D eigenvalue weighted by Gasteiger charge is 2.32. The summed E-state index contributed by atoms with van der Waals surface area (Å²) >= 11 is 0. The number of nitrogens with one attached hydrogen (secondary N) is 2. The van der Waals surface area contributed by atoms with Crippen molar-refractivity contribution < 1.29 is 0 Å². The lowest BCUT2D eigenvalue weighted by atomic mass is 9.80. The minimum absolute atomic E-state index is 0.0817. The molecule has 6 nitrogen and oxygen atoms in total. The Labute approximate surface area is 99.1 Å². The van der Waals surface area contributed by atoms with Gasteiger partial charge in [-0.1, -0.05) is 6.92 Å². The van der Waals surface area contributed by atoms with Gasteiger partial charge in [-0.05, 0) is 25.9 Å². The highest BCUT2D eigenvalue weighted by Crippen LogP contribution is 2.32. The molecule has 1 aliphatic rings. The lowest BCUT2D eigenvalue weighted by Crippen LogP contribution is -2.38. The summed E-state index contributed by atoms with van der Waals surface area (Å²) in [5.41, 5.74) is 7.30. The van der Waals surface area contributed by atoms with Gasteiger partial charge in [0.05, 0.1) is 0 Å². The number of aromatic amines is 1. The van der Waals surface area contributed by atoms with Crippen LogP contribution in [0.4, 0.5) is 5.82 Å². The van der Waals surface area contributed by atoms with Crippen molar-refractivity contribution in [2.45, 2.75) is 25.2 Å². The largest absolute Gasteiger partial charge is 0.382 e. The van der Waals surface area contributed by atoms with Crippen molar-refractivity contribution in [1.29, 1.82) is 0 Å². The van der Waals surface area contributed by atoms with E-state index >= 15 is 0 Å². The molecule has 17 heavy (non-hydrogen) atoms. The van der Waals surface area contributed by atoms with Gasteiger partial charge in [-0.2, -0.15) is 0 Å². The molecule has 0 aliphatic carbocycles. The SMILES string of the molecule is CC1(c2nc3ncnc(N)c3[nH]2)CCNCC1. The fraction of sp³-hybridized carbons (Fsp3) is 0.545. The zero-order chi connectivity index (χ0) is 11.9. The lowest BCUT2D eigenvalue weighted by Gasteiger charge is -2.31. The van der Waals surface area contributed by atoms with Gasteiger partial charge in [0.25, 0.3) is 0 Å². The molecule has 3 rings (SSSR count). The summed E-state index contributed by atoms with van der Waals surface area (Å²) < 4.78 is 0. The normalized spacial score (nSPS) is 19.6. The number of aromatic nitrogens is 4. The van der Waals surface area contributed by atoms with Gasteiger partial charge in [-0.25, -0.2) is 15.0 Å². The molecule has 0 radical (unpaired) electrons. The topological polar surface area (TPSA) is 92.5 Å². The minimum atomic E-state index is 0.0817. The van der Waals surface area contributed by atoms with Crippen molar-refractivity contribution in [2.75, 3.05) is 18.8 Å². The van der Waals surface area contributed by atoms with E-state index in [0.29, 0.717) is 11.5 Å². The van der Waals surface area contributed by atoms with Crippen molar-refractivity contribution in [1.82, 2.24) is 25.3 Å². The molecule has 90 valence electrons. The molecule has 0 atom stereocenters. The fourth-order valence-corrected chi connectivity index (χ4v) is 2.35. The van der Waals surface area contributed by atoms with Gasteiger partial charge in [0.15, 0.2) is 11.5 Å². The van der Waals surface area contributed by atoms with E-state index in [1.54, 1.807) is 0 Å². The molecular formula is C11H16N6. The second-order valence-corrected chi connectivity index (χ2v) is 4.85. The summed E-state index contributed by atoms with van der Waals surface area (Å²) in [6.07, 6.45) is 3.59. The zero-order valence-corrected chi connectivity index (χ0v) is 9.82. The van der Waals surface area contributed by atoms with Crippen LogP contribution in [-0.2, 0) is 5.41 Å². The Morgan fingerprint density at radius 2 is 2.06 bits per heavy atom. The van der Waals surface area contributed by atoms with Crippen LogP contribution in [0.3, 0.4) is 0 Å². The predicted molar refractivity (Wildman–Crippen MR) is 65.6 cm³/mol. The number of nitrogens with two attached hydrogens (primary N) is 1. The van der Waals surface area contributed by atoms with Gasteiger partial charge in [-0.3, -0.25) is 0 Å². The van der Waals surface area contributed by atoms with E-state index in [4.69, 9.17) is 5.73 Å². The van der Waals surface area contributed by atoms with Crippen LogP contribution in [0.1, 0.15) is 25.6 Å². The number of hydrogen-bond donors (Lipinski definition) is 3. The molecule has 0 saturated carbocycles. The monoisotopic (exact) mass is 232 g/mol. The summed E-state index contributed by atoms with van der Waals surface area (Å²) in [6, 6.07) is 0. The van der Waals surface area contributed by atoms with Crippen molar-refractivity contribution in [3.8, 4) is 0 Å². The van der Waals surface area contributed by atoms with E-state index in [1.165, 1.54) is 6.33 Å². The Morgan fingerprint density at radius 3 is 2.76 bits per heavy atom. The summed E-state index contributed by atoms with van der Waals surface area (Å²) in [6.45, 7) is 4.28. The number of fused-ring (bicyclic) bond motifs is 1. The van der Waals surface area contributed by atoms with Crippen LogP contribution >= 0.6 is 0 Å². The molecule has 1 aliphatic heterocycles. The number of nitrogen functional groups attached to an aromatic ring is 1. The molecule has 3 heterocycles. The van der Waals surface area contributed by atoms with E-state index in [0.717, 1.165) is 37.3 Å². The van der Waals surface area contributed by atoms with Gasteiger partial charge in [0.1, 0.15) is 17.7 Å². The second-order valence-electron chi connectivity index (χ2n) is 4.85. The first-order valence-electron chi connectivity index (χ1n) is 5.86. The number of imidazole rings is 1. The van der Waals surface area contributed by atoms with Crippen LogP contribution in [0.15, 0.2) is 6.33 Å². The van der Waals surface area contributed by atoms with Gasteiger partial charge in [0.2, 0.25) is 0 Å². The summed E-state index contributed by atoms with van der Waals surface area (Å²) in [7, 11) is 0. The highest BCUT2D eigenvalue weighted by molar-refractivity contribution is 5.81. The van der Waals surface area contributed by atoms with Gasteiger partial charge >= 0.3 is 0 Å². The molecule has 1 fully saturated rings. The maximum atomic E-state index is 5.81. The van der Waals surface area contributed by atoms with Gasteiger partial charge in [0, 0.05) is 5.41 Å². The first kappa shape index (κ1) is 10.5. The third-order valence-electron chi connectivity index (χ3n) is 3.60. The number of nitrogens with zero attached hydrogens (tertiary/aromatic N) is 3. The van der Waals surface area contributed by atoms with Gasteiger partial charge in [-0.15, -0.1) is 0 Å². The van der Waals surface area contributed by atoms with Crippen molar-refractivity contribution in [3.63, 3.8) is 0 Å². The molecule has 0 unspecified atom stereocenters. The molecule has 0 amide bonds. The molecular weight excluding hydrogens is 216 g/mol. The maximum Gasteiger partial charge on any atom is 0.183 e. The van der Waals surface area contributed by atoms with Crippen LogP contribution in [0.5, 0.6) is 0 Å². The van der Waals surface area contributed by atoms with Crippen LogP contribution in [0.2, 0.25) is 0 Å². The average Bonchev–Trinajstić information content (AvgIpc) is 2.76. The Bertz CT molecular complexity index is 540. The predicted octanol–water partition coefficient (Wildman–Crippen LogP) is 0.576. The Kier molecular flexibility index (Phi) is 2.25. The highest BCUT2D eigenvalue weighted by atomic mass is 15.1. The molecule has 0 bridgehead atoms. The van der Waals surface area contributed by atoms with Crippen LogP contribution in [0.25, 0.3) is 11.2 Å². The average molecular weight is 232 g/mol. The first-order valence-corrected chi connectivity index (χ1v) is 5.86.